The molecule has 0 aromatic heterocycles. The number of amidine groups is 1. The number of hydrogen-bond donors (Lipinski definition) is 3. The Hall–Kier alpha value is -2.49. The first-order valence-corrected chi connectivity index (χ1v) is 5.78. The topological polar surface area (TPSA) is 76.4 Å². The first-order valence-electron chi connectivity index (χ1n) is 5.78. The van der Waals surface area contributed by atoms with Gasteiger partial charge in [0.25, 0.3) is 0 Å². The third-order valence-corrected chi connectivity index (χ3v) is 2.98. The fourth-order valence-electron chi connectivity index (χ4n) is 1.98. The van der Waals surface area contributed by atoms with Gasteiger partial charge in [-0.2, -0.15) is 0 Å². The zero-order valence-corrected chi connectivity index (χ0v) is 9.85. The molecule has 1 aliphatic heterocycles. The molecule has 1 aliphatic rings. The van der Waals surface area contributed by atoms with Gasteiger partial charge >= 0.3 is 0 Å². The summed E-state index contributed by atoms with van der Waals surface area (Å²) in [6.45, 7) is 0.669. The molecule has 1 heterocycles. The second-order valence-corrected chi connectivity index (χ2v) is 4.33. The normalized spacial score (nSPS) is 13.4. The molecule has 0 radical (unpaired) electrons. The third kappa shape index (κ3) is 1.88. The number of nitrogens with two attached hydrogens (primary N) is 2. The molecule has 0 saturated carbocycles. The van der Waals surface area contributed by atoms with E-state index in [0.29, 0.717) is 6.54 Å². The average Bonchev–Trinajstić information content (AvgIpc) is 2.38. The molecular weight excluding hydrogens is 224 g/mol. The Balaban J connectivity index is 1.93. The van der Waals surface area contributed by atoms with E-state index >= 15 is 0 Å². The minimum absolute atomic E-state index is 0.669. The van der Waals surface area contributed by atoms with Crippen molar-refractivity contribution in [3.05, 3.63) is 53.6 Å². The van der Waals surface area contributed by atoms with Gasteiger partial charge in [-0.3, -0.25) is 4.99 Å². The lowest BCUT2D eigenvalue weighted by molar-refractivity contribution is 1.05. The molecule has 0 saturated heterocycles. The Kier molecular flexibility index (Phi) is 2.41. The maximum Gasteiger partial charge on any atom is 0.133 e. The summed E-state index contributed by atoms with van der Waals surface area (Å²) < 4.78 is 0. The first kappa shape index (κ1) is 10.7. The summed E-state index contributed by atoms with van der Waals surface area (Å²) in [5.74, 6) is 0.855. The number of anilines is 3. The number of rotatable bonds is 1. The van der Waals surface area contributed by atoms with E-state index in [4.69, 9.17) is 11.5 Å². The van der Waals surface area contributed by atoms with Gasteiger partial charge in [-0.1, -0.05) is 6.07 Å². The van der Waals surface area contributed by atoms with Gasteiger partial charge in [0.05, 0.1) is 6.54 Å². The predicted molar refractivity (Wildman–Crippen MR) is 75.6 cm³/mol. The molecule has 0 spiro atoms. The standard InChI is InChI=1S/C14H14N4/c15-11-4-1-9(2-5-11)14-17-8-10-3-6-12(16)7-13(10)18-14/h1-7H,8,15-16H2,(H,17,18). The molecule has 0 aliphatic carbocycles. The van der Waals surface area contributed by atoms with Crippen molar-refractivity contribution in [1.29, 1.82) is 0 Å². The van der Waals surface area contributed by atoms with E-state index in [1.165, 1.54) is 0 Å². The van der Waals surface area contributed by atoms with Crippen LogP contribution in [0.25, 0.3) is 0 Å². The van der Waals surface area contributed by atoms with Crippen LogP contribution in [0, 0.1) is 0 Å². The van der Waals surface area contributed by atoms with Crippen molar-refractivity contribution in [1.82, 2.24) is 0 Å². The number of nitrogen functional groups attached to an aromatic ring is 2. The minimum Gasteiger partial charge on any atom is -0.399 e. The highest BCUT2D eigenvalue weighted by Crippen LogP contribution is 2.24. The second kappa shape index (κ2) is 4.07. The molecule has 90 valence electrons. The van der Waals surface area contributed by atoms with Crippen LogP contribution < -0.4 is 16.8 Å². The van der Waals surface area contributed by atoms with Crippen LogP contribution in [0.5, 0.6) is 0 Å². The smallest absolute Gasteiger partial charge is 0.133 e. The van der Waals surface area contributed by atoms with E-state index in [9.17, 15) is 0 Å². The van der Waals surface area contributed by atoms with E-state index in [-0.39, 0.29) is 0 Å². The highest BCUT2D eigenvalue weighted by molar-refractivity contribution is 6.09. The van der Waals surface area contributed by atoms with Crippen LogP contribution in [0.4, 0.5) is 17.1 Å². The van der Waals surface area contributed by atoms with Crippen LogP contribution in [0.2, 0.25) is 0 Å². The number of nitrogens with zero attached hydrogens (tertiary/aromatic N) is 1. The van der Waals surface area contributed by atoms with E-state index in [1.807, 2.05) is 42.5 Å². The summed E-state index contributed by atoms with van der Waals surface area (Å²) >= 11 is 0. The van der Waals surface area contributed by atoms with E-state index in [0.717, 1.165) is 34.0 Å². The van der Waals surface area contributed by atoms with Gasteiger partial charge in [-0.25, -0.2) is 0 Å². The van der Waals surface area contributed by atoms with E-state index in [2.05, 4.69) is 10.3 Å². The molecule has 0 amide bonds. The van der Waals surface area contributed by atoms with Crippen LogP contribution in [0.15, 0.2) is 47.5 Å². The molecule has 4 heteroatoms. The molecule has 2 aromatic rings. The fourth-order valence-corrected chi connectivity index (χ4v) is 1.98. The number of nitrogens with one attached hydrogen (secondary N) is 1. The molecule has 0 unspecified atom stereocenters. The lowest BCUT2D eigenvalue weighted by Crippen LogP contribution is -2.19. The van der Waals surface area contributed by atoms with Gasteiger partial charge < -0.3 is 16.8 Å². The van der Waals surface area contributed by atoms with Crippen molar-refractivity contribution < 1.29 is 0 Å². The molecule has 0 bridgehead atoms. The van der Waals surface area contributed by atoms with Crippen molar-refractivity contribution in [2.24, 2.45) is 4.99 Å². The van der Waals surface area contributed by atoms with Crippen molar-refractivity contribution in [3.63, 3.8) is 0 Å². The van der Waals surface area contributed by atoms with Gasteiger partial charge in [0.15, 0.2) is 0 Å². The largest absolute Gasteiger partial charge is 0.399 e. The molecule has 5 N–H and O–H groups in total. The van der Waals surface area contributed by atoms with Crippen LogP contribution in [-0.2, 0) is 6.54 Å². The highest BCUT2D eigenvalue weighted by Gasteiger charge is 2.12. The second-order valence-electron chi connectivity index (χ2n) is 4.33. The van der Waals surface area contributed by atoms with Crippen molar-refractivity contribution in [2.45, 2.75) is 6.54 Å². The highest BCUT2D eigenvalue weighted by atomic mass is 15.0. The number of hydrogen-bond acceptors (Lipinski definition) is 4. The van der Waals surface area contributed by atoms with Gasteiger partial charge in [0.2, 0.25) is 0 Å². The zero-order chi connectivity index (χ0) is 12.5. The number of benzene rings is 2. The van der Waals surface area contributed by atoms with Gasteiger partial charge in [0.1, 0.15) is 5.84 Å². The lowest BCUT2D eigenvalue weighted by Gasteiger charge is -2.19. The van der Waals surface area contributed by atoms with Gasteiger partial charge in [-0.15, -0.1) is 0 Å². The van der Waals surface area contributed by atoms with Crippen LogP contribution >= 0.6 is 0 Å². The van der Waals surface area contributed by atoms with Gasteiger partial charge in [0, 0.05) is 22.6 Å². The molecule has 18 heavy (non-hydrogen) atoms. The average molecular weight is 238 g/mol. The van der Waals surface area contributed by atoms with Gasteiger partial charge in [-0.05, 0) is 42.0 Å². The fraction of sp³-hybridized carbons (Fsp3) is 0.0714. The molecule has 4 nitrogen and oxygen atoms in total. The monoisotopic (exact) mass is 238 g/mol. The van der Waals surface area contributed by atoms with E-state index < -0.39 is 0 Å². The zero-order valence-electron chi connectivity index (χ0n) is 9.85. The molecule has 3 rings (SSSR count). The third-order valence-electron chi connectivity index (χ3n) is 2.98. The molecule has 2 aromatic carbocycles. The quantitative estimate of drug-likeness (QED) is 0.667. The van der Waals surface area contributed by atoms with Crippen molar-refractivity contribution >= 4 is 22.9 Å². The summed E-state index contributed by atoms with van der Waals surface area (Å²) in [6.07, 6.45) is 0. The van der Waals surface area contributed by atoms with Crippen molar-refractivity contribution in [2.75, 3.05) is 16.8 Å². The first-order chi connectivity index (χ1) is 8.72. The minimum atomic E-state index is 0.669. The Labute approximate surface area is 105 Å². The summed E-state index contributed by atoms with van der Waals surface area (Å²) in [4.78, 5) is 4.52. The maximum atomic E-state index is 5.79. The Morgan fingerprint density at radius 1 is 0.944 bits per heavy atom. The molecule has 0 atom stereocenters. The lowest BCUT2D eigenvalue weighted by atomic mass is 10.1. The predicted octanol–water partition coefficient (Wildman–Crippen LogP) is 2.22. The summed E-state index contributed by atoms with van der Waals surface area (Å²) in [7, 11) is 0. The summed E-state index contributed by atoms with van der Waals surface area (Å²) in [5, 5.41) is 3.30. The van der Waals surface area contributed by atoms with Crippen LogP contribution in [0.3, 0.4) is 0 Å². The Morgan fingerprint density at radius 2 is 1.67 bits per heavy atom. The molecule has 0 fully saturated rings. The van der Waals surface area contributed by atoms with Crippen LogP contribution in [0.1, 0.15) is 11.1 Å². The Morgan fingerprint density at radius 3 is 2.44 bits per heavy atom. The maximum absolute atomic E-state index is 5.79. The number of fused-ring (bicyclic) bond motifs is 1. The summed E-state index contributed by atoms with van der Waals surface area (Å²) in [5.41, 5.74) is 16.2. The van der Waals surface area contributed by atoms with Crippen molar-refractivity contribution in [3.8, 4) is 0 Å². The SMILES string of the molecule is Nc1ccc(C2=NCc3ccc(N)cc3N2)cc1. The molecular formula is C14H14N4. The van der Waals surface area contributed by atoms with Crippen LogP contribution in [-0.4, -0.2) is 5.84 Å². The Bertz CT molecular complexity index is 614. The number of aliphatic imine (C=N–C) groups is 1. The summed E-state index contributed by atoms with van der Waals surface area (Å²) in [6, 6.07) is 13.5. The van der Waals surface area contributed by atoms with E-state index in [1.54, 1.807) is 0 Å².